The lowest BCUT2D eigenvalue weighted by Gasteiger charge is -2.38. The number of hydrogen-bond acceptors (Lipinski definition) is 6. The van der Waals surface area contributed by atoms with E-state index in [9.17, 15) is 22.7 Å². The summed E-state index contributed by atoms with van der Waals surface area (Å²) in [6.07, 6.45) is -3.69. The number of ether oxygens (including phenoxy) is 1. The van der Waals surface area contributed by atoms with Gasteiger partial charge >= 0.3 is 6.36 Å². The van der Waals surface area contributed by atoms with E-state index in [1.165, 1.54) is 30.8 Å². The molecule has 2 aromatic heterocycles. The van der Waals surface area contributed by atoms with Crippen LogP contribution < -0.4 is 9.64 Å². The Kier molecular flexibility index (Phi) is 5.11. The SMILES string of the molecule is Cc1cc(N(C)C(c2ccc(OC(F)(F)F)c(F)c2)C(C)(C)O)n2ncnc2n1. The van der Waals surface area contributed by atoms with E-state index < -0.39 is 29.6 Å². The molecule has 0 bridgehead atoms. The van der Waals surface area contributed by atoms with Gasteiger partial charge in [0.15, 0.2) is 11.6 Å². The van der Waals surface area contributed by atoms with Crippen molar-refractivity contribution in [2.45, 2.75) is 38.8 Å². The summed E-state index contributed by atoms with van der Waals surface area (Å²) in [5, 5.41) is 14.9. The van der Waals surface area contributed by atoms with Crippen LogP contribution in [0.25, 0.3) is 5.78 Å². The van der Waals surface area contributed by atoms with Crippen molar-refractivity contribution in [3.8, 4) is 5.75 Å². The van der Waals surface area contributed by atoms with Gasteiger partial charge < -0.3 is 14.7 Å². The lowest BCUT2D eigenvalue weighted by Crippen LogP contribution is -2.41. The molecule has 7 nitrogen and oxygen atoms in total. The Hall–Kier alpha value is -2.95. The fraction of sp³-hybridized carbons (Fsp3) is 0.389. The van der Waals surface area contributed by atoms with Crippen molar-refractivity contribution in [1.29, 1.82) is 0 Å². The molecule has 1 atom stereocenters. The second-order valence-corrected chi connectivity index (χ2v) is 7.13. The molecule has 0 saturated carbocycles. The van der Waals surface area contributed by atoms with Gasteiger partial charge in [0.25, 0.3) is 5.78 Å². The molecule has 156 valence electrons. The average Bonchev–Trinajstić information content (AvgIpc) is 3.02. The summed E-state index contributed by atoms with van der Waals surface area (Å²) in [7, 11) is 1.65. The molecule has 0 aliphatic heterocycles. The fourth-order valence-electron chi connectivity index (χ4n) is 3.29. The monoisotopic (exact) mass is 413 g/mol. The van der Waals surface area contributed by atoms with Crippen LogP contribution in [-0.4, -0.2) is 43.7 Å². The summed E-state index contributed by atoms with van der Waals surface area (Å²) >= 11 is 0. The second kappa shape index (κ2) is 7.14. The van der Waals surface area contributed by atoms with E-state index in [4.69, 9.17) is 0 Å². The van der Waals surface area contributed by atoms with Crippen LogP contribution in [0.2, 0.25) is 0 Å². The molecule has 3 rings (SSSR count). The van der Waals surface area contributed by atoms with Crippen LogP contribution in [-0.2, 0) is 0 Å². The first-order valence-electron chi connectivity index (χ1n) is 8.54. The van der Waals surface area contributed by atoms with Crippen LogP contribution in [0.3, 0.4) is 0 Å². The standard InChI is InChI=1S/C18H19F4N5O2/c1-10-7-14(27-16(25-10)23-9-24-27)26(4)15(17(2,3)28)11-5-6-13(12(19)8-11)29-18(20,21)22/h5-9,15,28H,1-4H3. The van der Waals surface area contributed by atoms with Gasteiger partial charge in [-0.05, 0) is 38.5 Å². The van der Waals surface area contributed by atoms with Crippen LogP contribution in [0.4, 0.5) is 23.4 Å². The first kappa shape index (κ1) is 20.8. The zero-order chi connectivity index (χ0) is 21.6. The van der Waals surface area contributed by atoms with Crippen LogP contribution in [0.15, 0.2) is 30.6 Å². The minimum Gasteiger partial charge on any atom is -0.403 e. The predicted octanol–water partition coefficient (Wildman–Crippen LogP) is 3.42. The number of aliphatic hydroxyl groups is 1. The van der Waals surface area contributed by atoms with E-state index in [0.29, 0.717) is 17.3 Å². The molecule has 2 heterocycles. The fourth-order valence-corrected chi connectivity index (χ4v) is 3.29. The topological polar surface area (TPSA) is 75.8 Å². The van der Waals surface area contributed by atoms with Gasteiger partial charge in [0.1, 0.15) is 12.1 Å². The van der Waals surface area contributed by atoms with Crippen molar-refractivity contribution in [2.75, 3.05) is 11.9 Å². The molecule has 0 radical (unpaired) electrons. The van der Waals surface area contributed by atoms with Gasteiger partial charge in [0.05, 0.1) is 11.6 Å². The normalized spacial score (nSPS) is 13.6. The molecule has 0 fully saturated rings. The first-order valence-corrected chi connectivity index (χ1v) is 8.54. The van der Waals surface area contributed by atoms with Crippen molar-refractivity contribution in [1.82, 2.24) is 19.6 Å². The number of nitrogens with zero attached hydrogens (tertiary/aromatic N) is 5. The van der Waals surface area contributed by atoms with E-state index in [2.05, 4.69) is 19.8 Å². The van der Waals surface area contributed by atoms with E-state index in [0.717, 1.165) is 12.1 Å². The smallest absolute Gasteiger partial charge is 0.403 e. The highest BCUT2D eigenvalue weighted by Crippen LogP contribution is 2.36. The van der Waals surface area contributed by atoms with Crippen molar-refractivity contribution >= 4 is 11.6 Å². The minimum absolute atomic E-state index is 0.245. The molecule has 0 amide bonds. The maximum atomic E-state index is 14.3. The highest BCUT2D eigenvalue weighted by Gasteiger charge is 2.36. The molecule has 29 heavy (non-hydrogen) atoms. The molecule has 0 saturated heterocycles. The average molecular weight is 413 g/mol. The van der Waals surface area contributed by atoms with Crippen LogP contribution in [0.1, 0.15) is 31.1 Å². The van der Waals surface area contributed by atoms with Gasteiger partial charge in [-0.2, -0.15) is 14.6 Å². The molecule has 1 aromatic carbocycles. The first-order chi connectivity index (χ1) is 13.4. The lowest BCUT2D eigenvalue weighted by atomic mass is 9.90. The maximum Gasteiger partial charge on any atom is 0.573 e. The Morgan fingerprint density at radius 1 is 1.21 bits per heavy atom. The van der Waals surface area contributed by atoms with Crippen molar-refractivity contribution in [3.05, 3.63) is 47.7 Å². The summed E-state index contributed by atoms with van der Waals surface area (Å²) in [6.45, 7) is 4.78. The third-order valence-corrected chi connectivity index (χ3v) is 4.28. The van der Waals surface area contributed by atoms with Crippen molar-refractivity contribution < 1.29 is 27.4 Å². The van der Waals surface area contributed by atoms with E-state index >= 15 is 0 Å². The number of alkyl halides is 3. The van der Waals surface area contributed by atoms with Gasteiger partial charge in [-0.15, -0.1) is 13.2 Å². The Balaban J connectivity index is 2.07. The van der Waals surface area contributed by atoms with Gasteiger partial charge in [-0.1, -0.05) is 6.07 Å². The van der Waals surface area contributed by atoms with E-state index in [1.54, 1.807) is 24.9 Å². The van der Waals surface area contributed by atoms with Gasteiger partial charge in [0.2, 0.25) is 0 Å². The minimum atomic E-state index is -5.01. The number of rotatable bonds is 5. The van der Waals surface area contributed by atoms with Crippen LogP contribution >= 0.6 is 0 Å². The molecule has 1 unspecified atom stereocenters. The zero-order valence-electron chi connectivity index (χ0n) is 16.1. The van der Waals surface area contributed by atoms with Gasteiger partial charge in [-0.25, -0.2) is 9.37 Å². The van der Waals surface area contributed by atoms with E-state index in [-0.39, 0.29) is 5.56 Å². The Morgan fingerprint density at radius 2 is 1.90 bits per heavy atom. The molecular weight excluding hydrogens is 394 g/mol. The number of halogens is 4. The van der Waals surface area contributed by atoms with Crippen LogP contribution in [0.5, 0.6) is 5.75 Å². The Bertz CT molecular complexity index is 1030. The third-order valence-electron chi connectivity index (χ3n) is 4.28. The number of fused-ring (bicyclic) bond motifs is 1. The number of aryl methyl sites for hydroxylation is 1. The van der Waals surface area contributed by atoms with Gasteiger partial charge in [-0.3, -0.25) is 0 Å². The largest absolute Gasteiger partial charge is 0.573 e. The lowest BCUT2D eigenvalue weighted by molar-refractivity contribution is -0.275. The quantitative estimate of drug-likeness (QED) is 0.646. The predicted molar refractivity (Wildman–Crippen MR) is 96.0 cm³/mol. The highest BCUT2D eigenvalue weighted by atomic mass is 19.4. The number of anilines is 1. The third kappa shape index (κ3) is 4.39. The highest BCUT2D eigenvalue weighted by molar-refractivity contribution is 5.50. The summed E-state index contributed by atoms with van der Waals surface area (Å²) < 4.78 is 56.7. The van der Waals surface area contributed by atoms with E-state index in [1.807, 2.05) is 0 Å². The molecule has 0 aliphatic carbocycles. The number of likely N-dealkylation sites (N-methyl/N-ethyl adjacent to an activating group) is 1. The molecule has 0 aliphatic rings. The van der Waals surface area contributed by atoms with Crippen LogP contribution in [0, 0.1) is 12.7 Å². The number of aromatic nitrogens is 4. The Labute approximate surface area is 163 Å². The second-order valence-electron chi connectivity index (χ2n) is 7.13. The van der Waals surface area contributed by atoms with Gasteiger partial charge in [0, 0.05) is 18.8 Å². The summed E-state index contributed by atoms with van der Waals surface area (Å²) in [6, 6.07) is 3.93. The summed E-state index contributed by atoms with van der Waals surface area (Å²) in [4.78, 5) is 9.93. The summed E-state index contributed by atoms with van der Waals surface area (Å²) in [5.74, 6) is -1.30. The molecule has 11 heteroatoms. The number of hydrogen-bond donors (Lipinski definition) is 1. The van der Waals surface area contributed by atoms with Crippen molar-refractivity contribution in [2.24, 2.45) is 0 Å². The number of benzene rings is 1. The van der Waals surface area contributed by atoms with Crippen molar-refractivity contribution in [3.63, 3.8) is 0 Å². The Morgan fingerprint density at radius 3 is 2.48 bits per heavy atom. The molecule has 1 N–H and O–H groups in total. The molecule has 3 aromatic rings. The molecule has 0 spiro atoms. The molecular formula is C18H19F4N5O2. The summed E-state index contributed by atoms with van der Waals surface area (Å²) in [5.41, 5.74) is -0.519. The zero-order valence-corrected chi connectivity index (χ0v) is 16.1. The maximum absolute atomic E-state index is 14.3.